The molecule has 4 heteroatoms. The van der Waals surface area contributed by atoms with Gasteiger partial charge in [-0.1, -0.05) is 0 Å². The van der Waals surface area contributed by atoms with Crippen LogP contribution in [-0.4, -0.2) is 12.5 Å². The van der Waals surface area contributed by atoms with Gasteiger partial charge in [0.2, 0.25) is 0 Å². The second-order valence-electron chi connectivity index (χ2n) is 2.69. The van der Waals surface area contributed by atoms with Crippen LogP contribution in [0.2, 0.25) is 0 Å². The number of thiophene rings is 1. The van der Waals surface area contributed by atoms with Gasteiger partial charge in [-0.3, -0.25) is 9.63 Å². The number of hydroxylamine groups is 1. The van der Waals surface area contributed by atoms with Crippen LogP contribution in [0.3, 0.4) is 0 Å². The molecule has 1 aromatic rings. The van der Waals surface area contributed by atoms with E-state index in [1.165, 1.54) is 0 Å². The minimum atomic E-state index is -0.163. The first kappa shape index (κ1) is 10.2. The highest BCUT2D eigenvalue weighted by Crippen LogP contribution is 2.20. The third-order valence-electron chi connectivity index (χ3n) is 1.59. The highest BCUT2D eigenvalue weighted by molar-refractivity contribution is 7.12. The fraction of sp³-hybridized carbons (Fsp3) is 0.444. The lowest BCUT2D eigenvalue weighted by atomic mass is 10.2. The van der Waals surface area contributed by atoms with Crippen molar-refractivity contribution in [1.82, 2.24) is 5.48 Å². The van der Waals surface area contributed by atoms with Crippen LogP contribution in [0.4, 0.5) is 0 Å². The number of carbonyl (C=O) groups is 1. The van der Waals surface area contributed by atoms with Crippen molar-refractivity contribution >= 4 is 17.2 Å². The number of carbonyl (C=O) groups excluding carboxylic acids is 1. The van der Waals surface area contributed by atoms with Crippen molar-refractivity contribution in [2.75, 3.05) is 6.61 Å². The molecular weight excluding hydrogens is 186 g/mol. The Labute approximate surface area is 81.7 Å². The molecule has 0 aliphatic carbocycles. The average Bonchev–Trinajstić information content (AvgIpc) is 2.41. The number of nitrogens with one attached hydrogen (secondary N) is 1. The van der Waals surface area contributed by atoms with Crippen LogP contribution in [0.1, 0.15) is 27.0 Å². The summed E-state index contributed by atoms with van der Waals surface area (Å²) in [6.45, 7) is 6.22. The fourth-order valence-electron chi connectivity index (χ4n) is 1.05. The molecule has 0 spiro atoms. The number of rotatable bonds is 3. The zero-order chi connectivity index (χ0) is 9.84. The monoisotopic (exact) mass is 199 g/mol. The van der Waals surface area contributed by atoms with E-state index < -0.39 is 0 Å². The van der Waals surface area contributed by atoms with E-state index in [1.807, 2.05) is 26.8 Å². The third-order valence-corrected chi connectivity index (χ3v) is 2.56. The lowest BCUT2D eigenvalue weighted by Gasteiger charge is -2.01. The molecule has 0 atom stereocenters. The number of amides is 1. The lowest BCUT2D eigenvalue weighted by molar-refractivity contribution is 0.0364. The molecule has 0 unspecified atom stereocenters. The van der Waals surface area contributed by atoms with E-state index in [0.29, 0.717) is 12.2 Å². The SMILES string of the molecule is CCONC(=O)c1cc(C)sc1C. The number of hydrogen-bond donors (Lipinski definition) is 1. The molecule has 0 fully saturated rings. The minimum absolute atomic E-state index is 0.163. The van der Waals surface area contributed by atoms with Crippen LogP contribution in [0.5, 0.6) is 0 Å². The van der Waals surface area contributed by atoms with E-state index in [4.69, 9.17) is 4.84 Å². The number of aryl methyl sites for hydroxylation is 2. The van der Waals surface area contributed by atoms with Crippen molar-refractivity contribution in [1.29, 1.82) is 0 Å². The van der Waals surface area contributed by atoms with Gasteiger partial charge in [0.25, 0.3) is 5.91 Å². The lowest BCUT2D eigenvalue weighted by Crippen LogP contribution is -2.23. The van der Waals surface area contributed by atoms with Gasteiger partial charge >= 0.3 is 0 Å². The van der Waals surface area contributed by atoms with Gasteiger partial charge in [0, 0.05) is 9.75 Å². The molecule has 0 aliphatic heterocycles. The van der Waals surface area contributed by atoms with Crippen molar-refractivity contribution in [2.24, 2.45) is 0 Å². The summed E-state index contributed by atoms with van der Waals surface area (Å²) in [6, 6.07) is 1.87. The van der Waals surface area contributed by atoms with Crippen LogP contribution in [0.15, 0.2) is 6.07 Å². The van der Waals surface area contributed by atoms with Gasteiger partial charge in [-0.2, -0.15) is 0 Å². The molecule has 1 aromatic heterocycles. The predicted molar refractivity (Wildman–Crippen MR) is 52.9 cm³/mol. The van der Waals surface area contributed by atoms with Crippen molar-refractivity contribution in [3.8, 4) is 0 Å². The van der Waals surface area contributed by atoms with Gasteiger partial charge in [-0.05, 0) is 26.8 Å². The van der Waals surface area contributed by atoms with Gasteiger partial charge in [0.05, 0.1) is 12.2 Å². The molecule has 13 heavy (non-hydrogen) atoms. The van der Waals surface area contributed by atoms with Crippen LogP contribution >= 0.6 is 11.3 Å². The first-order chi connectivity index (χ1) is 6.15. The fourth-order valence-corrected chi connectivity index (χ4v) is 1.97. The Morgan fingerprint density at radius 1 is 1.62 bits per heavy atom. The summed E-state index contributed by atoms with van der Waals surface area (Å²) in [7, 11) is 0. The molecule has 1 heterocycles. The van der Waals surface area contributed by atoms with E-state index in [2.05, 4.69) is 5.48 Å². The predicted octanol–water partition coefficient (Wildman–Crippen LogP) is 2.05. The Balaban J connectivity index is 2.70. The second kappa shape index (κ2) is 4.39. The van der Waals surface area contributed by atoms with Crippen LogP contribution in [-0.2, 0) is 4.84 Å². The van der Waals surface area contributed by atoms with E-state index in [1.54, 1.807) is 11.3 Å². The summed E-state index contributed by atoms with van der Waals surface area (Å²) in [5.41, 5.74) is 3.08. The Kier molecular flexibility index (Phi) is 3.45. The summed E-state index contributed by atoms with van der Waals surface area (Å²) >= 11 is 1.61. The zero-order valence-electron chi connectivity index (χ0n) is 8.01. The summed E-state index contributed by atoms with van der Waals surface area (Å²) in [4.78, 5) is 18.4. The smallest absolute Gasteiger partial charge is 0.274 e. The zero-order valence-corrected chi connectivity index (χ0v) is 8.83. The first-order valence-corrected chi connectivity index (χ1v) is 4.96. The molecule has 1 rings (SSSR count). The topological polar surface area (TPSA) is 38.3 Å². The Bertz CT molecular complexity index is 307. The molecule has 0 aromatic carbocycles. The van der Waals surface area contributed by atoms with Crippen molar-refractivity contribution in [2.45, 2.75) is 20.8 Å². The molecule has 0 bridgehead atoms. The van der Waals surface area contributed by atoms with Gasteiger partial charge in [-0.15, -0.1) is 11.3 Å². The van der Waals surface area contributed by atoms with Gasteiger partial charge in [0.15, 0.2) is 0 Å². The highest BCUT2D eigenvalue weighted by atomic mass is 32.1. The van der Waals surface area contributed by atoms with Gasteiger partial charge in [-0.25, -0.2) is 5.48 Å². The third kappa shape index (κ3) is 2.54. The largest absolute Gasteiger partial charge is 0.275 e. The molecule has 1 amide bonds. The Hall–Kier alpha value is -0.870. The van der Waals surface area contributed by atoms with Crippen LogP contribution < -0.4 is 5.48 Å². The molecular formula is C9H13NO2S. The van der Waals surface area contributed by atoms with E-state index in [0.717, 1.165) is 9.75 Å². The first-order valence-electron chi connectivity index (χ1n) is 4.14. The maximum Gasteiger partial charge on any atom is 0.275 e. The Morgan fingerprint density at radius 3 is 2.77 bits per heavy atom. The highest BCUT2D eigenvalue weighted by Gasteiger charge is 2.10. The van der Waals surface area contributed by atoms with E-state index in [-0.39, 0.29) is 5.91 Å². The normalized spacial score (nSPS) is 10.1. The Morgan fingerprint density at radius 2 is 2.31 bits per heavy atom. The maximum absolute atomic E-state index is 11.4. The summed E-state index contributed by atoms with van der Waals surface area (Å²) in [5.74, 6) is -0.163. The molecule has 0 saturated carbocycles. The minimum Gasteiger partial charge on any atom is -0.274 e. The molecule has 72 valence electrons. The van der Waals surface area contributed by atoms with Crippen molar-refractivity contribution in [3.63, 3.8) is 0 Å². The van der Waals surface area contributed by atoms with Crippen molar-refractivity contribution in [3.05, 3.63) is 21.4 Å². The van der Waals surface area contributed by atoms with Gasteiger partial charge in [0.1, 0.15) is 0 Å². The molecule has 3 nitrogen and oxygen atoms in total. The summed E-state index contributed by atoms with van der Waals surface area (Å²) < 4.78 is 0. The van der Waals surface area contributed by atoms with Gasteiger partial charge < -0.3 is 0 Å². The molecule has 0 radical (unpaired) electrons. The quantitative estimate of drug-likeness (QED) is 0.756. The average molecular weight is 199 g/mol. The van der Waals surface area contributed by atoms with Crippen LogP contribution in [0, 0.1) is 13.8 Å². The molecule has 0 aliphatic rings. The van der Waals surface area contributed by atoms with E-state index in [9.17, 15) is 4.79 Å². The summed E-state index contributed by atoms with van der Waals surface area (Å²) in [6.07, 6.45) is 0. The standard InChI is InChI=1S/C9H13NO2S/c1-4-12-10-9(11)8-5-6(2)13-7(8)3/h5H,4H2,1-3H3,(H,10,11). The summed E-state index contributed by atoms with van der Waals surface area (Å²) in [5, 5.41) is 0. The maximum atomic E-state index is 11.4. The molecule has 0 saturated heterocycles. The molecule has 1 N–H and O–H groups in total. The number of hydrogen-bond acceptors (Lipinski definition) is 3. The van der Waals surface area contributed by atoms with Crippen LogP contribution in [0.25, 0.3) is 0 Å². The second-order valence-corrected chi connectivity index (χ2v) is 4.15. The van der Waals surface area contributed by atoms with E-state index >= 15 is 0 Å². The van der Waals surface area contributed by atoms with Crippen molar-refractivity contribution < 1.29 is 9.63 Å².